The van der Waals surface area contributed by atoms with Crippen LogP contribution >= 0.6 is 0 Å². The molecule has 2 aromatic heterocycles. The minimum atomic E-state index is -0.0407. The predicted molar refractivity (Wildman–Crippen MR) is 94.1 cm³/mol. The van der Waals surface area contributed by atoms with Crippen molar-refractivity contribution in [2.24, 2.45) is 0 Å². The summed E-state index contributed by atoms with van der Waals surface area (Å²) in [6.45, 7) is -0.0407. The van der Waals surface area contributed by atoms with Gasteiger partial charge in [0, 0.05) is 23.5 Å². The Morgan fingerprint density at radius 1 is 1.00 bits per heavy atom. The van der Waals surface area contributed by atoms with Crippen LogP contribution in [0.15, 0.2) is 42.7 Å². The van der Waals surface area contributed by atoms with Gasteiger partial charge in [0.05, 0.1) is 26.4 Å². The Hall–Kier alpha value is -3.19. The van der Waals surface area contributed by atoms with E-state index in [0.29, 0.717) is 17.3 Å². The highest BCUT2D eigenvalue weighted by atomic mass is 16.5. The number of rotatable bonds is 5. The average Bonchev–Trinajstić information content (AvgIpc) is 2.68. The molecule has 2 heterocycles. The summed E-state index contributed by atoms with van der Waals surface area (Å²) < 4.78 is 10.4. The smallest absolute Gasteiger partial charge is 0.319 e. The summed E-state index contributed by atoms with van der Waals surface area (Å²) >= 11 is 0. The van der Waals surface area contributed by atoms with E-state index in [0.717, 1.165) is 22.3 Å². The van der Waals surface area contributed by atoms with E-state index in [-0.39, 0.29) is 12.6 Å². The minimum absolute atomic E-state index is 0.0407. The lowest BCUT2D eigenvalue weighted by molar-refractivity contribution is 0.282. The molecule has 0 atom stereocenters. The number of ether oxygens (including phenoxy) is 2. The van der Waals surface area contributed by atoms with Gasteiger partial charge in [0.15, 0.2) is 0 Å². The number of aliphatic hydroxyl groups is 1. The molecule has 0 unspecified atom stereocenters. The molecule has 0 fully saturated rings. The van der Waals surface area contributed by atoms with E-state index < -0.39 is 0 Å². The van der Waals surface area contributed by atoms with Crippen LogP contribution in [0.4, 0.5) is 5.82 Å². The molecule has 7 nitrogen and oxygen atoms in total. The third-order valence-corrected chi connectivity index (χ3v) is 3.76. The molecule has 3 aromatic rings. The summed E-state index contributed by atoms with van der Waals surface area (Å²) in [7, 11) is 3.02. The number of pyridine rings is 1. The van der Waals surface area contributed by atoms with Crippen LogP contribution in [0.3, 0.4) is 0 Å². The molecular weight excluding hydrogens is 320 g/mol. The second-order valence-corrected chi connectivity index (χ2v) is 5.29. The van der Waals surface area contributed by atoms with Gasteiger partial charge in [0.25, 0.3) is 0 Å². The van der Waals surface area contributed by atoms with E-state index in [1.807, 2.05) is 30.3 Å². The van der Waals surface area contributed by atoms with Crippen molar-refractivity contribution >= 4 is 5.82 Å². The number of benzene rings is 1. The molecule has 1 aromatic carbocycles. The van der Waals surface area contributed by atoms with Crippen LogP contribution in [0, 0.1) is 0 Å². The molecule has 25 heavy (non-hydrogen) atoms. The second kappa shape index (κ2) is 7.14. The van der Waals surface area contributed by atoms with Crippen molar-refractivity contribution in [1.82, 2.24) is 15.0 Å². The third kappa shape index (κ3) is 3.36. The maximum Gasteiger partial charge on any atom is 0.319 e. The van der Waals surface area contributed by atoms with Crippen LogP contribution in [0.25, 0.3) is 22.3 Å². The Bertz CT molecular complexity index is 899. The first-order valence-electron chi connectivity index (χ1n) is 7.57. The van der Waals surface area contributed by atoms with Crippen LogP contribution in [0.5, 0.6) is 11.9 Å². The summed E-state index contributed by atoms with van der Waals surface area (Å²) in [5, 5.41) is 9.34. The molecule has 0 spiro atoms. The Morgan fingerprint density at radius 3 is 2.56 bits per heavy atom. The maximum absolute atomic E-state index is 9.34. The topological polar surface area (TPSA) is 103 Å². The zero-order chi connectivity index (χ0) is 17.8. The Balaban J connectivity index is 2.11. The molecular formula is C18H18N4O3. The molecule has 0 aliphatic carbocycles. The van der Waals surface area contributed by atoms with E-state index in [4.69, 9.17) is 15.2 Å². The molecule has 0 aliphatic rings. The molecule has 7 heteroatoms. The molecule has 3 N–H and O–H groups in total. The first kappa shape index (κ1) is 16.7. The van der Waals surface area contributed by atoms with Gasteiger partial charge in [0.1, 0.15) is 5.82 Å². The number of nitrogen functional groups attached to an aromatic ring is 1. The third-order valence-electron chi connectivity index (χ3n) is 3.76. The first-order chi connectivity index (χ1) is 12.2. The van der Waals surface area contributed by atoms with Crippen molar-refractivity contribution in [3.05, 3.63) is 48.3 Å². The molecule has 128 valence electrons. The van der Waals surface area contributed by atoms with Gasteiger partial charge >= 0.3 is 6.01 Å². The van der Waals surface area contributed by atoms with Gasteiger partial charge in [-0.15, -0.1) is 0 Å². The van der Waals surface area contributed by atoms with Crippen LogP contribution in [0.1, 0.15) is 5.56 Å². The highest BCUT2D eigenvalue weighted by Crippen LogP contribution is 2.33. The first-order valence-corrected chi connectivity index (χ1v) is 7.57. The highest BCUT2D eigenvalue weighted by Gasteiger charge is 2.14. The normalized spacial score (nSPS) is 10.5. The zero-order valence-electron chi connectivity index (χ0n) is 13.9. The number of nitrogens with zero attached hydrogens (tertiary/aromatic N) is 3. The number of aromatic nitrogens is 3. The van der Waals surface area contributed by atoms with Crippen LogP contribution in [0.2, 0.25) is 0 Å². The number of nitrogens with two attached hydrogens (primary N) is 1. The fourth-order valence-corrected chi connectivity index (χ4v) is 2.49. The van der Waals surface area contributed by atoms with Crippen molar-refractivity contribution in [3.63, 3.8) is 0 Å². The summed E-state index contributed by atoms with van der Waals surface area (Å²) in [5.74, 6) is 0.778. The van der Waals surface area contributed by atoms with Crippen LogP contribution < -0.4 is 15.2 Å². The Morgan fingerprint density at radius 2 is 1.84 bits per heavy atom. The maximum atomic E-state index is 9.34. The van der Waals surface area contributed by atoms with Crippen molar-refractivity contribution in [2.75, 3.05) is 20.0 Å². The molecule has 0 amide bonds. The summed E-state index contributed by atoms with van der Waals surface area (Å²) in [6, 6.07) is 9.62. The molecule has 0 bridgehead atoms. The Kier molecular flexibility index (Phi) is 4.76. The highest BCUT2D eigenvalue weighted by molar-refractivity contribution is 5.80. The fraction of sp³-hybridized carbons (Fsp3) is 0.167. The van der Waals surface area contributed by atoms with E-state index in [1.54, 1.807) is 12.4 Å². The van der Waals surface area contributed by atoms with Crippen molar-refractivity contribution in [1.29, 1.82) is 0 Å². The van der Waals surface area contributed by atoms with E-state index in [2.05, 4.69) is 15.0 Å². The van der Waals surface area contributed by atoms with Crippen LogP contribution in [-0.2, 0) is 6.61 Å². The van der Waals surface area contributed by atoms with E-state index in [9.17, 15) is 5.11 Å². The number of aliphatic hydroxyl groups excluding tert-OH is 1. The average molecular weight is 338 g/mol. The van der Waals surface area contributed by atoms with Gasteiger partial charge in [-0.05, 0) is 23.3 Å². The van der Waals surface area contributed by atoms with Gasteiger partial charge in [-0.1, -0.05) is 18.2 Å². The van der Waals surface area contributed by atoms with Gasteiger partial charge in [-0.25, -0.2) is 9.97 Å². The minimum Gasteiger partial charge on any atom is -0.480 e. The van der Waals surface area contributed by atoms with E-state index in [1.165, 1.54) is 14.2 Å². The quantitative estimate of drug-likeness (QED) is 0.735. The second-order valence-electron chi connectivity index (χ2n) is 5.29. The Labute approximate surface area is 145 Å². The monoisotopic (exact) mass is 338 g/mol. The van der Waals surface area contributed by atoms with Crippen LogP contribution in [-0.4, -0.2) is 34.3 Å². The van der Waals surface area contributed by atoms with Gasteiger partial charge < -0.3 is 20.3 Å². The SMILES string of the molecule is COc1ncc(-c2cnc(N)c(-c3cccc(CO)c3)c2)c(OC)n1. The number of methoxy groups -OCH3 is 2. The van der Waals surface area contributed by atoms with Gasteiger partial charge in [0.2, 0.25) is 5.88 Å². The summed E-state index contributed by atoms with van der Waals surface area (Å²) in [6.07, 6.45) is 3.26. The lowest BCUT2D eigenvalue weighted by Crippen LogP contribution is -1.99. The van der Waals surface area contributed by atoms with Crippen molar-refractivity contribution in [2.45, 2.75) is 6.61 Å². The molecule has 0 saturated heterocycles. The van der Waals surface area contributed by atoms with Gasteiger partial charge in [-0.3, -0.25) is 0 Å². The summed E-state index contributed by atoms with van der Waals surface area (Å²) in [5.41, 5.74) is 9.91. The lowest BCUT2D eigenvalue weighted by atomic mass is 10.0. The number of hydrogen-bond acceptors (Lipinski definition) is 7. The number of anilines is 1. The molecule has 3 rings (SSSR count). The largest absolute Gasteiger partial charge is 0.480 e. The van der Waals surface area contributed by atoms with E-state index >= 15 is 0 Å². The van der Waals surface area contributed by atoms with Crippen molar-refractivity contribution < 1.29 is 14.6 Å². The predicted octanol–water partition coefficient (Wildman–Crippen LogP) is 2.30. The molecule has 0 radical (unpaired) electrons. The zero-order valence-corrected chi connectivity index (χ0v) is 13.9. The molecule has 0 aliphatic heterocycles. The van der Waals surface area contributed by atoms with Gasteiger partial charge in [-0.2, -0.15) is 4.98 Å². The summed E-state index contributed by atoms with van der Waals surface area (Å²) in [4.78, 5) is 12.6. The fourth-order valence-electron chi connectivity index (χ4n) is 2.49. The standard InChI is InChI=1S/C18H18N4O3/c1-24-17-15(9-21-18(22-17)25-2)13-7-14(16(19)20-8-13)12-5-3-4-11(6-12)10-23/h3-9,23H,10H2,1-2H3,(H2,19,20). The van der Waals surface area contributed by atoms with Crippen molar-refractivity contribution in [3.8, 4) is 34.1 Å². The number of hydrogen-bond donors (Lipinski definition) is 2. The molecule has 0 saturated carbocycles. The lowest BCUT2D eigenvalue weighted by Gasteiger charge is -2.11.